The van der Waals surface area contributed by atoms with Gasteiger partial charge in [-0.2, -0.15) is 8.42 Å². The first-order chi connectivity index (χ1) is 6.41. The molecule has 2 N–H and O–H groups in total. The monoisotopic (exact) mass is 286 g/mol. The average Bonchev–Trinajstić information content (AvgIpc) is 2.01. The molecule has 0 saturated heterocycles. The van der Waals surface area contributed by atoms with E-state index in [1.807, 2.05) is 0 Å². The van der Waals surface area contributed by atoms with Gasteiger partial charge in [-0.1, -0.05) is 12.1 Å². The van der Waals surface area contributed by atoms with E-state index in [0.29, 0.717) is 0 Å². The molecule has 1 atom stereocenters. The molecule has 82 valence electrons. The molecule has 0 bridgehead atoms. The van der Waals surface area contributed by atoms with E-state index < -0.39 is 23.3 Å². The Bertz CT molecular complexity index is 458. The summed E-state index contributed by atoms with van der Waals surface area (Å²) in [4.78, 5) is 7.91. The molecule has 1 aromatic rings. The van der Waals surface area contributed by atoms with E-state index in [0.717, 1.165) is 6.07 Å². The zero-order chi connectivity index (χ0) is 10.8. The van der Waals surface area contributed by atoms with Gasteiger partial charge >= 0.3 is 8.25 Å². The van der Waals surface area contributed by atoms with E-state index in [1.54, 1.807) is 0 Å². The van der Waals surface area contributed by atoms with Gasteiger partial charge in [-0.3, -0.25) is 4.55 Å². The summed E-state index contributed by atoms with van der Waals surface area (Å²) < 4.78 is 44.8. The SMILES string of the molecule is O=[PH](O)Oc1ccccc1S(=O)(=O)O.[Ti]. The third kappa shape index (κ3) is 4.46. The van der Waals surface area contributed by atoms with Crippen molar-refractivity contribution in [3.05, 3.63) is 24.3 Å². The summed E-state index contributed by atoms with van der Waals surface area (Å²) in [7, 11) is -7.73. The molecular weight excluding hydrogens is 279 g/mol. The number of hydrogen-bond donors (Lipinski definition) is 2. The Morgan fingerprint density at radius 1 is 1.27 bits per heavy atom. The van der Waals surface area contributed by atoms with Crippen molar-refractivity contribution in [2.24, 2.45) is 0 Å². The molecule has 0 aromatic heterocycles. The van der Waals surface area contributed by atoms with Crippen LogP contribution in [-0.4, -0.2) is 17.9 Å². The van der Waals surface area contributed by atoms with Crippen LogP contribution in [0.15, 0.2) is 29.2 Å². The van der Waals surface area contributed by atoms with Gasteiger partial charge in [0.05, 0.1) is 0 Å². The summed E-state index contributed by atoms with van der Waals surface area (Å²) in [6, 6.07) is 5.00. The van der Waals surface area contributed by atoms with Crippen molar-refractivity contribution < 1.29 is 48.7 Å². The van der Waals surface area contributed by atoms with Crippen molar-refractivity contribution in [3.63, 3.8) is 0 Å². The molecule has 0 saturated carbocycles. The molecule has 0 aliphatic rings. The van der Waals surface area contributed by atoms with Gasteiger partial charge < -0.3 is 9.42 Å². The van der Waals surface area contributed by atoms with Crippen LogP contribution in [0.5, 0.6) is 5.75 Å². The zero-order valence-corrected chi connectivity index (χ0v) is 10.6. The van der Waals surface area contributed by atoms with Crippen LogP contribution in [0.2, 0.25) is 0 Å². The van der Waals surface area contributed by atoms with Gasteiger partial charge in [-0.15, -0.1) is 0 Å². The molecule has 1 aromatic carbocycles. The first-order valence-electron chi connectivity index (χ1n) is 3.38. The summed E-state index contributed by atoms with van der Waals surface area (Å²) in [5.41, 5.74) is 0. The Kier molecular flexibility index (Phi) is 5.73. The third-order valence-corrected chi connectivity index (χ3v) is 2.61. The Morgan fingerprint density at radius 2 is 1.80 bits per heavy atom. The molecule has 0 spiro atoms. The largest absolute Gasteiger partial charge is 0.425 e. The summed E-state index contributed by atoms with van der Waals surface area (Å²) in [5, 5.41) is 0. The summed E-state index contributed by atoms with van der Waals surface area (Å²) in [6.45, 7) is 0. The van der Waals surface area contributed by atoms with E-state index in [9.17, 15) is 13.0 Å². The van der Waals surface area contributed by atoms with E-state index in [2.05, 4.69) is 4.52 Å². The predicted octanol–water partition coefficient (Wildman–Crippen LogP) is 0.692. The van der Waals surface area contributed by atoms with Crippen LogP contribution in [-0.2, 0) is 36.4 Å². The van der Waals surface area contributed by atoms with Crippen LogP contribution in [0.3, 0.4) is 0 Å². The van der Waals surface area contributed by atoms with Crippen molar-refractivity contribution in [3.8, 4) is 5.75 Å². The second kappa shape index (κ2) is 5.79. The quantitative estimate of drug-likeness (QED) is 0.481. The first kappa shape index (κ1) is 14.8. The standard InChI is InChI=1S/C6H7O6PS.Ti/c7-13(8)12-5-3-1-2-4-6(5)14(9,10)11;/h1-4,13H,(H,7,8)(H,9,10,11);. The van der Waals surface area contributed by atoms with Crippen molar-refractivity contribution in [2.75, 3.05) is 0 Å². The Morgan fingerprint density at radius 3 is 2.27 bits per heavy atom. The molecule has 0 aliphatic carbocycles. The number of hydrogen-bond acceptors (Lipinski definition) is 4. The van der Waals surface area contributed by atoms with Crippen molar-refractivity contribution >= 4 is 18.4 Å². The minimum Gasteiger partial charge on any atom is -0.425 e. The topological polar surface area (TPSA) is 101 Å². The van der Waals surface area contributed by atoms with Gasteiger partial charge in [0.1, 0.15) is 10.6 Å². The minimum absolute atomic E-state index is 0. The summed E-state index contributed by atoms with van der Waals surface area (Å²) in [5.74, 6) is -0.346. The second-order valence-corrected chi connectivity index (χ2v) is 4.42. The van der Waals surface area contributed by atoms with Crippen LogP contribution in [0.4, 0.5) is 0 Å². The molecular formula is C6H7O6PSTi. The number of benzene rings is 1. The zero-order valence-electron chi connectivity index (χ0n) is 7.25. The predicted molar refractivity (Wildman–Crippen MR) is 48.1 cm³/mol. The van der Waals surface area contributed by atoms with Gasteiger partial charge in [0.15, 0.2) is 0 Å². The van der Waals surface area contributed by atoms with Crippen LogP contribution in [0.1, 0.15) is 0 Å². The Hall–Kier alpha value is -0.166. The molecule has 9 heteroatoms. The smallest absolute Gasteiger partial charge is 0.365 e. The molecule has 1 unspecified atom stereocenters. The third-order valence-electron chi connectivity index (χ3n) is 1.32. The normalized spacial score (nSPS) is 12.7. The summed E-state index contributed by atoms with van der Waals surface area (Å²) >= 11 is 0. The van der Waals surface area contributed by atoms with Crippen LogP contribution < -0.4 is 4.52 Å². The molecule has 15 heavy (non-hydrogen) atoms. The first-order valence-corrected chi connectivity index (χ1v) is 6.09. The maximum Gasteiger partial charge on any atom is 0.365 e. The van der Waals surface area contributed by atoms with E-state index in [4.69, 9.17) is 9.45 Å². The minimum atomic E-state index is -4.44. The van der Waals surface area contributed by atoms with Crippen molar-refractivity contribution in [2.45, 2.75) is 4.90 Å². The van der Waals surface area contributed by atoms with Gasteiger partial charge in [0.25, 0.3) is 10.1 Å². The molecule has 0 fully saturated rings. The molecule has 0 amide bonds. The van der Waals surface area contributed by atoms with Gasteiger partial charge in [0.2, 0.25) is 0 Å². The van der Waals surface area contributed by atoms with Crippen molar-refractivity contribution in [1.82, 2.24) is 0 Å². The number of rotatable bonds is 3. The van der Waals surface area contributed by atoms with Gasteiger partial charge in [0, 0.05) is 21.7 Å². The molecule has 0 radical (unpaired) electrons. The fraction of sp³-hybridized carbons (Fsp3) is 0. The van der Waals surface area contributed by atoms with Crippen LogP contribution >= 0.6 is 8.25 Å². The van der Waals surface area contributed by atoms with Gasteiger partial charge in [-0.25, -0.2) is 4.57 Å². The summed E-state index contributed by atoms with van der Waals surface area (Å²) in [6.07, 6.45) is 0. The maximum atomic E-state index is 10.7. The molecule has 6 nitrogen and oxygen atoms in total. The van der Waals surface area contributed by atoms with Crippen molar-refractivity contribution in [1.29, 1.82) is 0 Å². The van der Waals surface area contributed by atoms with Crippen LogP contribution in [0.25, 0.3) is 0 Å². The number of para-hydroxylation sites is 1. The van der Waals surface area contributed by atoms with E-state index in [-0.39, 0.29) is 27.5 Å². The van der Waals surface area contributed by atoms with Gasteiger partial charge in [-0.05, 0) is 12.1 Å². The Balaban J connectivity index is 0.00000196. The average molecular weight is 286 g/mol. The maximum absolute atomic E-state index is 10.7. The fourth-order valence-corrected chi connectivity index (χ4v) is 1.90. The van der Waals surface area contributed by atoms with Crippen LogP contribution in [0, 0.1) is 0 Å². The molecule has 0 heterocycles. The fourth-order valence-electron chi connectivity index (χ4n) is 0.842. The molecule has 1 rings (SSSR count). The van der Waals surface area contributed by atoms with E-state index >= 15 is 0 Å². The van der Waals surface area contributed by atoms with E-state index in [1.165, 1.54) is 18.2 Å². The molecule has 0 aliphatic heterocycles. The Labute approximate surface area is 102 Å². The second-order valence-electron chi connectivity index (χ2n) is 2.29.